The number of methoxy groups -OCH3 is 1. The molecule has 0 aliphatic carbocycles. The number of esters is 2. The number of nitrogens with zero attached hydrogens (tertiary/aromatic N) is 1. The lowest BCUT2D eigenvalue weighted by molar-refractivity contribution is -0.139. The Morgan fingerprint density at radius 3 is 2.24 bits per heavy atom. The Balaban J connectivity index is 2.15. The fourth-order valence-electron chi connectivity index (χ4n) is 4.23. The van der Waals surface area contributed by atoms with Crippen molar-refractivity contribution < 1.29 is 33.3 Å². The van der Waals surface area contributed by atoms with Crippen molar-refractivity contribution in [1.29, 1.82) is 0 Å². The Bertz CT molecular complexity index is 895. The molecule has 1 saturated heterocycles. The fraction of sp³-hybridized carbons (Fsp3) is 0.538. The van der Waals surface area contributed by atoms with Gasteiger partial charge in [0, 0.05) is 31.1 Å². The molecule has 3 rings (SSSR count). The maximum absolute atomic E-state index is 13.2. The van der Waals surface area contributed by atoms with Crippen LogP contribution in [0.2, 0.25) is 0 Å². The molecule has 0 amide bonds. The molecule has 0 unspecified atom stereocenters. The van der Waals surface area contributed by atoms with E-state index in [1.807, 2.05) is 30.9 Å². The Morgan fingerprint density at radius 2 is 1.74 bits per heavy atom. The third-order valence-electron chi connectivity index (χ3n) is 5.59. The van der Waals surface area contributed by atoms with Crippen molar-refractivity contribution in [2.45, 2.75) is 58.7 Å². The highest BCUT2D eigenvalue weighted by Gasteiger charge is 2.38. The standard InChI is InChI=1S/C26H35NO7/c1-6-31-25(28)20-15-27(14-18-10-9-13-33-18)16-21(26(29)32-7-2)23(20)19-11-8-12-22(30-5)24(19)34-17(3)4/h8,11-12,15-18,23H,6-7,9-10,13-14H2,1-5H3/t18-/m0/s1. The van der Waals surface area contributed by atoms with Gasteiger partial charge in [0.25, 0.3) is 0 Å². The van der Waals surface area contributed by atoms with E-state index in [-0.39, 0.29) is 25.4 Å². The summed E-state index contributed by atoms with van der Waals surface area (Å²) in [7, 11) is 1.56. The molecule has 0 bridgehead atoms. The van der Waals surface area contributed by atoms with Gasteiger partial charge in [0.05, 0.1) is 49.6 Å². The molecule has 186 valence electrons. The van der Waals surface area contributed by atoms with Gasteiger partial charge in [-0.05, 0) is 46.6 Å². The molecule has 1 aromatic rings. The van der Waals surface area contributed by atoms with E-state index in [0.29, 0.717) is 41.4 Å². The second-order valence-electron chi connectivity index (χ2n) is 8.42. The van der Waals surface area contributed by atoms with Crippen LogP contribution in [0.25, 0.3) is 0 Å². The first-order valence-corrected chi connectivity index (χ1v) is 11.9. The van der Waals surface area contributed by atoms with Crippen LogP contribution in [-0.2, 0) is 23.8 Å². The highest BCUT2D eigenvalue weighted by atomic mass is 16.5. The lowest BCUT2D eigenvalue weighted by atomic mass is 9.82. The lowest BCUT2D eigenvalue weighted by Crippen LogP contribution is -2.33. The predicted molar refractivity (Wildman–Crippen MR) is 127 cm³/mol. The molecule has 2 aliphatic rings. The quantitative estimate of drug-likeness (QED) is 0.473. The minimum atomic E-state index is -0.748. The van der Waals surface area contributed by atoms with Gasteiger partial charge >= 0.3 is 11.9 Å². The number of hydrogen-bond acceptors (Lipinski definition) is 8. The van der Waals surface area contributed by atoms with Gasteiger partial charge in [-0.2, -0.15) is 0 Å². The topological polar surface area (TPSA) is 83.5 Å². The minimum Gasteiger partial charge on any atom is -0.493 e. The summed E-state index contributed by atoms with van der Waals surface area (Å²) in [5, 5.41) is 0. The largest absolute Gasteiger partial charge is 0.493 e. The van der Waals surface area contributed by atoms with E-state index in [0.717, 1.165) is 12.8 Å². The highest BCUT2D eigenvalue weighted by Crippen LogP contribution is 2.45. The van der Waals surface area contributed by atoms with Gasteiger partial charge in [-0.3, -0.25) is 0 Å². The maximum Gasteiger partial charge on any atom is 0.336 e. The van der Waals surface area contributed by atoms with Crippen molar-refractivity contribution in [3.8, 4) is 11.5 Å². The molecular formula is C26H35NO7. The molecule has 0 aromatic heterocycles. The predicted octanol–water partition coefficient (Wildman–Crippen LogP) is 3.95. The Hall–Kier alpha value is -3.00. The van der Waals surface area contributed by atoms with E-state index in [4.69, 9.17) is 23.7 Å². The normalized spacial score (nSPS) is 18.4. The number of rotatable bonds is 10. The molecule has 0 spiro atoms. The first-order valence-electron chi connectivity index (χ1n) is 11.9. The molecule has 34 heavy (non-hydrogen) atoms. The molecule has 0 N–H and O–H groups in total. The van der Waals surface area contributed by atoms with Gasteiger partial charge in [-0.15, -0.1) is 0 Å². The zero-order valence-electron chi connectivity index (χ0n) is 20.7. The van der Waals surface area contributed by atoms with Gasteiger partial charge in [-0.25, -0.2) is 9.59 Å². The van der Waals surface area contributed by atoms with E-state index in [9.17, 15) is 9.59 Å². The number of para-hydroxylation sites is 1. The number of carbonyl (C=O) groups excluding carboxylic acids is 2. The molecule has 1 fully saturated rings. The highest BCUT2D eigenvalue weighted by molar-refractivity contribution is 5.99. The smallest absolute Gasteiger partial charge is 0.336 e. The lowest BCUT2D eigenvalue weighted by Gasteiger charge is -2.32. The summed E-state index contributed by atoms with van der Waals surface area (Å²) < 4.78 is 28.2. The molecule has 0 saturated carbocycles. The summed E-state index contributed by atoms with van der Waals surface area (Å²) in [5.41, 5.74) is 1.28. The fourth-order valence-corrected chi connectivity index (χ4v) is 4.23. The van der Waals surface area contributed by atoms with Crippen LogP contribution in [0.5, 0.6) is 11.5 Å². The average Bonchev–Trinajstić information content (AvgIpc) is 3.32. The molecule has 2 heterocycles. The first-order chi connectivity index (χ1) is 16.4. The van der Waals surface area contributed by atoms with E-state index < -0.39 is 17.9 Å². The SMILES string of the molecule is CCOC(=O)C1=CN(C[C@@H]2CCCO2)C=C(C(=O)OCC)C1c1cccc(OC)c1OC(C)C. The summed E-state index contributed by atoms with van der Waals surface area (Å²) in [4.78, 5) is 28.2. The second-order valence-corrected chi connectivity index (χ2v) is 8.42. The van der Waals surface area contributed by atoms with Crippen LogP contribution in [0, 0.1) is 0 Å². The zero-order valence-corrected chi connectivity index (χ0v) is 20.7. The van der Waals surface area contributed by atoms with Gasteiger partial charge < -0.3 is 28.6 Å². The summed E-state index contributed by atoms with van der Waals surface area (Å²) in [6, 6.07) is 5.43. The molecule has 1 aromatic carbocycles. The summed E-state index contributed by atoms with van der Waals surface area (Å²) in [6.45, 7) is 8.97. The zero-order chi connectivity index (χ0) is 24.7. The number of ether oxygens (including phenoxy) is 5. The molecule has 2 aliphatic heterocycles. The monoisotopic (exact) mass is 473 g/mol. The summed E-state index contributed by atoms with van der Waals surface area (Å²) in [6.07, 6.45) is 5.27. The van der Waals surface area contributed by atoms with Crippen molar-refractivity contribution in [2.24, 2.45) is 0 Å². The molecule has 8 nitrogen and oxygen atoms in total. The molecular weight excluding hydrogens is 438 g/mol. The van der Waals surface area contributed by atoms with Crippen molar-refractivity contribution in [3.05, 3.63) is 47.3 Å². The third kappa shape index (κ3) is 5.91. The van der Waals surface area contributed by atoms with E-state index in [2.05, 4.69) is 0 Å². The van der Waals surface area contributed by atoms with Crippen molar-refractivity contribution in [3.63, 3.8) is 0 Å². The van der Waals surface area contributed by atoms with Crippen LogP contribution in [-0.4, -0.2) is 62.5 Å². The Labute approximate surface area is 201 Å². The van der Waals surface area contributed by atoms with Crippen LogP contribution in [0.15, 0.2) is 41.7 Å². The Kier molecular flexibility index (Phi) is 8.98. The first kappa shape index (κ1) is 25.6. The van der Waals surface area contributed by atoms with Crippen molar-refractivity contribution >= 4 is 11.9 Å². The van der Waals surface area contributed by atoms with Crippen LogP contribution in [0.1, 0.15) is 52.0 Å². The van der Waals surface area contributed by atoms with Gasteiger partial charge in [0.15, 0.2) is 11.5 Å². The van der Waals surface area contributed by atoms with E-state index in [1.165, 1.54) is 0 Å². The van der Waals surface area contributed by atoms with Gasteiger partial charge in [-0.1, -0.05) is 12.1 Å². The number of hydrogen-bond donors (Lipinski definition) is 0. The minimum absolute atomic E-state index is 0.0209. The van der Waals surface area contributed by atoms with Crippen molar-refractivity contribution in [1.82, 2.24) is 4.90 Å². The number of benzene rings is 1. The summed E-state index contributed by atoms with van der Waals surface area (Å²) >= 11 is 0. The van der Waals surface area contributed by atoms with E-state index in [1.54, 1.807) is 39.4 Å². The van der Waals surface area contributed by atoms with Crippen LogP contribution in [0.3, 0.4) is 0 Å². The number of carbonyl (C=O) groups is 2. The van der Waals surface area contributed by atoms with Gasteiger partial charge in [0.1, 0.15) is 0 Å². The summed E-state index contributed by atoms with van der Waals surface area (Å²) in [5.74, 6) is -0.763. The van der Waals surface area contributed by atoms with Crippen LogP contribution in [0.4, 0.5) is 0 Å². The van der Waals surface area contributed by atoms with Crippen LogP contribution >= 0.6 is 0 Å². The molecule has 1 atom stereocenters. The van der Waals surface area contributed by atoms with Crippen molar-refractivity contribution in [2.75, 3.05) is 33.5 Å². The van der Waals surface area contributed by atoms with E-state index >= 15 is 0 Å². The third-order valence-corrected chi connectivity index (χ3v) is 5.59. The average molecular weight is 474 g/mol. The maximum atomic E-state index is 13.2. The Morgan fingerprint density at radius 1 is 1.09 bits per heavy atom. The van der Waals surface area contributed by atoms with Gasteiger partial charge in [0.2, 0.25) is 0 Å². The van der Waals surface area contributed by atoms with Crippen LogP contribution < -0.4 is 9.47 Å². The molecule has 8 heteroatoms. The second kappa shape index (κ2) is 11.9. The molecule has 0 radical (unpaired) electrons.